The predicted molar refractivity (Wildman–Crippen MR) is 51.1 cm³/mol. The molecule has 0 saturated heterocycles. The van der Waals surface area contributed by atoms with Crippen LogP contribution in [-0.4, -0.2) is 15.8 Å². The topological polar surface area (TPSA) is 45.8 Å². The van der Waals surface area contributed by atoms with Crippen LogP contribution in [0.2, 0.25) is 5.02 Å². The van der Waals surface area contributed by atoms with E-state index in [0.29, 0.717) is 16.1 Å². The Bertz CT molecular complexity index is 475. The van der Waals surface area contributed by atoms with Gasteiger partial charge >= 0.3 is 0 Å². The van der Waals surface area contributed by atoms with Gasteiger partial charge in [-0.05, 0) is 19.1 Å². The van der Waals surface area contributed by atoms with Gasteiger partial charge in [0, 0.05) is 5.56 Å². The summed E-state index contributed by atoms with van der Waals surface area (Å²) < 4.78 is 0. The number of hydrogen-bond acceptors (Lipinski definition) is 2. The molecule has 0 aliphatic rings. The van der Waals surface area contributed by atoms with E-state index in [1.807, 2.05) is 0 Å². The molecule has 0 spiro atoms. The fourth-order valence-corrected chi connectivity index (χ4v) is 1.48. The lowest BCUT2D eigenvalue weighted by Crippen LogP contribution is -1.91. The molecular weight excluding hydrogens is 188 g/mol. The molecule has 0 atom stereocenters. The number of benzene rings is 1. The number of carbonyl (C=O) groups excluding carboxylic acids is 1. The highest BCUT2D eigenvalue weighted by atomic mass is 35.5. The molecule has 1 aromatic heterocycles. The summed E-state index contributed by atoms with van der Waals surface area (Å²) in [6.07, 6.45) is 1.56. The zero-order chi connectivity index (χ0) is 9.42. The van der Waals surface area contributed by atoms with Gasteiger partial charge in [0.15, 0.2) is 5.78 Å². The van der Waals surface area contributed by atoms with Crippen LogP contribution < -0.4 is 0 Å². The van der Waals surface area contributed by atoms with Crippen molar-refractivity contribution in [2.75, 3.05) is 0 Å². The number of imidazole rings is 1. The Kier molecular flexibility index (Phi) is 1.81. The molecule has 0 aliphatic carbocycles. The standard InChI is InChI=1S/C9H7ClN2O/c1-5(13)6-2-7(10)9-8(3-6)11-4-12-9/h2-4H,1H3,(H,11,12). The molecule has 0 amide bonds. The van der Waals surface area contributed by atoms with E-state index in [1.54, 1.807) is 18.5 Å². The highest BCUT2D eigenvalue weighted by Gasteiger charge is 2.06. The Morgan fingerprint density at radius 3 is 3.00 bits per heavy atom. The van der Waals surface area contributed by atoms with Crippen molar-refractivity contribution in [1.29, 1.82) is 0 Å². The van der Waals surface area contributed by atoms with E-state index < -0.39 is 0 Å². The predicted octanol–water partition coefficient (Wildman–Crippen LogP) is 2.42. The van der Waals surface area contributed by atoms with Gasteiger partial charge in [0.1, 0.15) is 5.52 Å². The second kappa shape index (κ2) is 2.85. The molecule has 13 heavy (non-hydrogen) atoms. The van der Waals surface area contributed by atoms with Crippen molar-refractivity contribution in [2.45, 2.75) is 6.92 Å². The van der Waals surface area contributed by atoms with Gasteiger partial charge in [-0.3, -0.25) is 4.79 Å². The minimum Gasteiger partial charge on any atom is -0.345 e. The summed E-state index contributed by atoms with van der Waals surface area (Å²) in [4.78, 5) is 18.0. The van der Waals surface area contributed by atoms with E-state index in [-0.39, 0.29) is 5.78 Å². The molecule has 2 aromatic rings. The Morgan fingerprint density at radius 2 is 2.31 bits per heavy atom. The van der Waals surface area contributed by atoms with Gasteiger partial charge in [0.25, 0.3) is 0 Å². The second-order valence-electron chi connectivity index (χ2n) is 2.81. The number of carbonyl (C=O) groups is 1. The number of halogens is 1. The average molecular weight is 195 g/mol. The van der Waals surface area contributed by atoms with Crippen molar-refractivity contribution < 1.29 is 4.79 Å². The van der Waals surface area contributed by atoms with E-state index in [9.17, 15) is 4.79 Å². The number of aromatic amines is 1. The Balaban J connectivity index is 2.77. The first kappa shape index (κ1) is 8.26. The van der Waals surface area contributed by atoms with Crippen molar-refractivity contribution in [1.82, 2.24) is 9.97 Å². The summed E-state index contributed by atoms with van der Waals surface area (Å²) in [5, 5.41) is 0.504. The average Bonchev–Trinajstić information content (AvgIpc) is 2.51. The third kappa shape index (κ3) is 1.31. The van der Waals surface area contributed by atoms with Gasteiger partial charge in [0.2, 0.25) is 0 Å². The number of hydrogen-bond donors (Lipinski definition) is 1. The van der Waals surface area contributed by atoms with Crippen LogP contribution in [-0.2, 0) is 0 Å². The molecule has 0 bridgehead atoms. The normalized spacial score (nSPS) is 10.6. The van der Waals surface area contributed by atoms with E-state index >= 15 is 0 Å². The minimum atomic E-state index is -0.00148. The van der Waals surface area contributed by atoms with E-state index in [1.165, 1.54) is 6.92 Å². The number of rotatable bonds is 1. The lowest BCUT2D eigenvalue weighted by atomic mass is 10.1. The van der Waals surface area contributed by atoms with Crippen molar-refractivity contribution in [2.24, 2.45) is 0 Å². The maximum Gasteiger partial charge on any atom is 0.159 e. The largest absolute Gasteiger partial charge is 0.345 e. The van der Waals surface area contributed by atoms with Gasteiger partial charge in [-0.25, -0.2) is 4.98 Å². The van der Waals surface area contributed by atoms with Gasteiger partial charge < -0.3 is 4.98 Å². The van der Waals surface area contributed by atoms with Crippen LogP contribution in [0.15, 0.2) is 18.5 Å². The van der Waals surface area contributed by atoms with E-state index in [4.69, 9.17) is 11.6 Å². The third-order valence-electron chi connectivity index (χ3n) is 1.88. The maximum atomic E-state index is 11.1. The van der Waals surface area contributed by atoms with Gasteiger partial charge in [-0.15, -0.1) is 0 Å². The van der Waals surface area contributed by atoms with E-state index in [2.05, 4.69) is 9.97 Å². The maximum absolute atomic E-state index is 11.1. The molecule has 0 fully saturated rings. The number of nitrogens with one attached hydrogen (secondary N) is 1. The second-order valence-corrected chi connectivity index (χ2v) is 3.22. The molecule has 3 nitrogen and oxygen atoms in total. The van der Waals surface area contributed by atoms with Crippen LogP contribution >= 0.6 is 11.6 Å². The molecule has 1 N–H and O–H groups in total. The number of nitrogens with zero attached hydrogens (tertiary/aromatic N) is 1. The lowest BCUT2D eigenvalue weighted by Gasteiger charge is -1.97. The van der Waals surface area contributed by atoms with Crippen molar-refractivity contribution in [3.8, 4) is 0 Å². The number of ketones is 1. The first-order chi connectivity index (χ1) is 6.18. The fraction of sp³-hybridized carbons (Fsp3) is 0.111. The molecule has 4 heteroatoms. The first-order valence-electron chi connectivity index (χ1n) is 3.82. The van der Waals surface area contributed by atoms with E-state index in [0.717, 1.165) is 5.52 Å². The molecule has 0 radical (unpaired) electrons. The molecule has 0 aliphatic heterocycles. The molecule has 0 saturated carbocycles. The van der Waals surface area contributed by atoms with Crippen LogP contribution in [0.1, 0.15) is 17.3 Å². The van der Waals surface area contributed by atoms with Crippen LogP contribution in [0.25, 0.3) is 11.0 Å². The SMILES string of the molecule is CC(=O)c1cc(Cl)c2nc[nH]c2c1. The molecular formula is C9H7ClN2O. The summed E-state index contributed by atoms with van der Waals surface area (Å²) >= 11 is 5.91. The number of aromatic nitrogens is 2. The summed E-state index contributed by atoms with van der Waals surface area (Å²) in [7, 11) is 0. The third-order valence-corrected chi connectivity index (χ3v) is 2.17. The number of fused-ring (bicyclic) bond motifs is 1. The van der Waals surface area contributed by atoms with Crippen LogP contribution in [0, 0.1) is 0 Å². The highest BCUT2D eigenvalue weighted by molar-refractivity contribution is 6.35. The molecule has 0 unspecified atom stereocenters. The van der Waals surface area contributed by atoms with Crippen molar-refractivity contribution in [3.05, 3.63) is 29.0 Å². The minimum absolute atomic E-state index is 0.00148. The van der Waals surface area contributed by atoms with Crippen LogP contribution in [0.5, 0.6) is 0 Å². The Hall–Kier alpha value is -1.35. The Labute approximate surface area is 79.7 Å². The summed E-state index contributed by atoms with van der Waals surface area (Å²) in [6.45, 7) is 1.51. The van der Waals surface area contributed by atoms with Crippen molar-refractivity contribution in [3.63, 3.8) is 0 Å². The van der Waals surface area contributed by atoms with Crippen LogP contribution in [0.3, 0.4) is 0 Å². The quantitative estimate of drug-likeness (QED) is 0.709. The molecule has 1 heterocycles. The number of Topliss-reactive ketones (excluding diaryl/α,β-unsaturated/α-hetero) is 1. The lowest BCUT2D eigenvalue weighted by molar-refractivity contribution is 0.101. The first-order valence-corrected chi connectivity index (χ1v) is 4.20. The van der Waals surface area contributed by atoms with Crippen molar-refractivity contribution >= 4 is 28.4 Å². The monoisotopic (exact) mass is 194 g/mol. The summed E-state index contributed by atoms with van der Waals surface area (Å²) in [6, 6.07) is 3.38. The zero-order valence-electron chi connectivity index (χ0n) is 6.97. The molecule has 1 aromatic carbocycles. The zero-order valence-corrected chi connectivity index (χ0v) is 7.72. The van der Waals surface area contributed by atoms with Gasteiger partial charge in [-0.2, -0.15) is 0 Å². The Morgan fingerprint density at radius 1 is 1.54 bits per heavy atom. The fourth-order valence-electron chi connectivity index (χ4n) is 1.21. The number of H-pyrrole nitrogens is 1. The molecule has 2 rings (SSSR count). The summed E-state index contributed by atoms with van der Waals surface area (Å²) in [5.74, 6) is -0.00148. The highest BCUT2D eigenvalue weighted by Crippen LogP contribution is 2.22. The van der Waals surface area contributed by atoms with Gasteiger partial charge in [0.05, 0.1) is 16.9 Å². The van der Waals surface area contributed by atoms with Gasteiger partial charge in [-0.1, -0.05) is 11.6 Å². The van der Waals surface area contributed by atoms with Crippen LogP contribution in [0.4, 0.5) is 0 Å². The smallest absolute Gasteiger partial charge is 0.159 e. The molecule has 66 valence electrons. The summed E-state index contributed by atoms with van der Waals surface area (Å²) in [5.41, 5.74) is 2.09.